The van der Waals surface area contributed by atoms with Crippen molar-refractivity contribution in [3.63, 3.8) is 0 Å². The van der Waals surface area contributed by atoms with Crippen LogP contribution in [0.3, 0.4) is 0 Å². The van der Waals surface area contributed by atoms with Gasteiger partial charge in [0.25, 0.3) is 0 Å². The van der Waals surface area contributed by atoms with E-state index in [-0.39, 0.29) is 5.97 Å². The van der Waals surface area contributed by atoms with Gasteiger partial charge in [0.1, 0.15) is 11.3 Å². The molecule has 1 aromatic rings. The van der Waals surface area contributed by atoms with Gasteiger partial charge in [-0.25, -0.2) is 4.79 Å². The first kappa shape index (κ1) is 21.5. The molecule has 0 N–H and O–H groups in total. The maximum atomic E-state index is 12.1. The van der Waals surface area contributed by atoms with Gasteiger partial charge in [-0.2, -0.15) is 0 Å². The number of aryl methyl sites for hydroxylation is 1. The van der Waals surface area contributed by atoms with Crippen molar-refractivity contribution < 1.29 is 14.3 Å². The lowest BCUT2D eigenvalue weighted by Gasteiger charge is -2.12. The van der Waals surface area contributed by atoms with Gasteiger partial charge in [-0.05, 0) is 37.5 Å². The van der Waals surface area contributed by atoms with Gasteiger partial charge < -0.3 is 9.47 Å². The van der Waals surface area contributed by atoms with Crippen LogP contribution >= 0.6 is 0 Å². The summed E-state index contributed by atoms with van der Waals surface area (Å²) in [7, 11) is 0. The van der Waals surface area contributed by atoms with Gasteiger partial charge in [0, 0.05) is 0 Å². The minimum atomic E-state index is -0.295. The smallest absolute Gasteiger partial charge is 0.341 e. The van der Waals surface area contributed by atoms with E-state index in [0.29, 0.717) is 24.5 Å². The molecular formula is C22H36O3. The summed E-state index contributed by atoms with van der Waals surface area (Å²) >= 11 is 0. The van der Waals surface area contributed by atoms with Crippen molar-refractivity contribution >= 4 is 5.97 Å². The maximum absolute atomic E-state index is 12.1. The number of carbonyl (C=O) groups excluding carboxylic acids is 1. The van der Waals surface area contributed by atoms with Crippen molar-refractivity contribution in [1.29, 1.82) is 0 Å². The van der Waals surface area contributed by atoms with Gasteiger partial charge in [0.05, 0.1) is 13.2 Å². The fraction of sp³-hybridized carbons (Fsp3) is 0.682. The summed E-state index contributed by atoms with van der Waals surface area (Å²) in [6.07, 6.45) is 12.3. The average molecular weight is 349 g/mol. The normalized spacial score (nSPS) is 10.7. The molecular weight excluding hydrogens is 312 g/mol. The largest absolute Gasteiger partial charge is 0.493 e. The van der Waals surface area contributed by atoms with Gasteiger partial charge in [-0.3, -0.25) is 0 Å². The molecule has 25 heavy (non-hydrogen) atoms. The van der Waals surface area contributed by atoms with Crippen molar-refractivity contribution in [3.05, 3.63) is 29.3 Å². The highest BCUT2D eigenvalue weighted by Gasteiger charge is 2.14. The van der Waals surface area contributed by atoms with Crippen molar-refractivity contribution in [1.82, 2.24) is 0 Å². The van der Waals surface area contributed by atoms with Gasteiger partial charge >= 0.3 is 5.97 Å². The molecule has 0 fully saturated rings. The van der Waals surface area contributed by atoms with Crippen LogP contribution in [-0.4, -0.2) is 19.2 Å². The van der Waals surface area contributed by atoms with E-state index in [1.54, 1.807) is 0 Å². The molecule has 3 nitrogen and oxygen atoms in total. The highest BCUT2D eigenvalue weighted by atomic mass is 16.5. The number of hydrogen-bond donors (Lipinski definition) is 0. The van der Waals surface area contributed by atoms with Crippen LogP contribution in [0.4, 0.5) is 0 Å². The zero-order valence-corrected chi connectivity index (χ0v) is 16.4. The third-order valence-corrected chi connectivity index (χ3v) is 4.34. The molecule has 0 unspecified atom stereocenters. The molecule has 0 aliphatic carbocycles. The van der Waals surface area contributed by atoms with Crippen LogP contribution in [0.25, 0.3) is 0 Å². The summed E-state index contributed by atoms with van der Waals surface area (Å²) in [5.74, 6) is 0.379. The summed E-state index contributed by atoms with van der Waals surface area (Å²) in [6, 6.07) is 5.84. The average Bonchev–Trinajstić information content (AvgIpc) is 2.61. The number of hydrogen-bond acceptors (Lipinski definition) is 3. The van der Waals surface area contributed by atoms with Crippen LogP contribution in [-0.2, 0) is 11.2 Å². The van der Waals surface area contributed by atoms with Crippen molar-refractivity contribution in [2.75, 3.05) is 13.2 Å². The molecule has 0 aliphatic heterocycles. The number of unbranched alkanes of at least 4 members (excludes halogenated alkanes) is 7. The number of rotatable bonds is 14. The monoisotopic (exact) mass is 348 g/mol. The van der Waals surface area contributed by atoms with Crippen LogP contribution in [0.1, 0.15) is 94.5 Å². The molecule has 0 aliphatic rings. The van der Waals surface area contributed by atoms with Gasteiger partial charge in [-0.1, -0.05) is 71.3 Å². The Labute approximate surface area is 154 Å². The van der Waals surface area contributed by atoms with E-state index < -0.39 is 0 Å². The number of ether oxygens (including phenoxy) is 2. The maximum Gasteiger partial charge on any atom is 0.341 e. The van der Waals surface area contributed by atoms with E-state index in [1.165, 1.54) is 50.5 Å². The molecule has 0 saturated carbocycles. The quantitative estimate of drug-likeness (QED) is 0.291. The molecule has 0 atom stereocenters. The molecule has 0 aromatic heterocycles. The molecule has 0 radical (unpaired) electrons. The second kappa shape index (κ2) is 13.7. The molecule has 0 saturated heterocycles. The third kappa shape index (κ3) is 8.94. The van der Waals surface area contributed by atoms with E-state index in [1.807, 2.05) is 25.1 Å². The molecule has 0 bridgehead atoms. The number of benzene rings is 1. The first-order chi connectivity index (χ1) is 12.2. The Morgan fingerprint density at radius 1 is 0.880 bits per heavy atom. The lowest BCUT2D eigenvalue weighted by molar-refractivity contribution is 0.0521. The van der Waals surface area contributed by atoms with Crippen LogP contribution < -0.4 is 4.74 Å². The minimum absolute atomic E-state index is 0.295. The Balaban J connectivity index is 2.43. The Bertz CT molecular complexity index is 482. The van der Waals surface area contributed by atoms with Gasteiger partial charge in [0.15, 0.2) is 0 Å². The fourth-order valence-electron chi connectivity index (χ4n) is 2.93. The lowest BCUT2D eigenvalue weighted by Crippen LogP contribution is -2.09. The van der Waals surface area contributed by atoms with Crippen molar-refractivity contribution in [3.8, 4) is 5.75 Å². The Kier molecular flexibility index (Phi) is 11.8. The Morgan fingerprint density at radius 2 is 1.56 bits per heavy atom. The van der Waals surface area contributed by atoms with Gasteiger partial charge in [0.2, 0.25) is 0 Å². The summed E-state index contributed by atoms with van der Waals surface area (Å²) in [5, 5.41) is 0. The molecule has 0 spiro atoms. The van der Waals surface area contributed by atoms with E-state index in [0.717, 1.165) is 19.3 Å². The molecule has 0 amide bonds. The van der Waals surface area contributed by atoms with Crippen LogP contribution in [0.15, 0.2) is 18.2 Å². The number of carbonyl (C=O) groups is 1. The fourth-order valence-corrected chi connectivity index (χ4v) is 2.93. The molecule has 0 heterocycles. The highest BCUT2D eigenvalue weighted by molar-refractivity contribution is 5.92. The summed E-state index contributed by atoms with van der Waals surface area (Å²) in [5.41, 5.74) is 1.75. The standard InChI is InChI=1S/C22H36O3/c1-4-7-8-9-10-11-12-13-17-25-21-18-19(14-5-2)15-16-20(21)22(23)24-6-3/h15-16,18H,4-14,17H2,1-3H3. The SMILES string of the molecule is CCCCCCCCCCOc1cc(CCC)ccc1C(=O)OCC. The molecule has 142 valence electrons. The first-order valence-corrected chi connectivity index (χ1v) is 10.2. The highest BCUT2D eigenvalue weighted by Crippen LogP contribution is 2.23. The second-order valence-electron chi connectivity index (χ2n) is 6.62. The molecule has 1 rings (SSSR count). The Morgan fingerprint density at radius 3 is 2.20 bits per heavy atom. The number of esters is 1. The van der Waals surface area contributed by atoms with E-state index in [2.05, 4.69) is 13.8 Å². The third-order valence-electron chi connectivity index (χ3n) is 4.34. The Hall–Kier alpha value is -1.51. The lowest BCUT2D eigenvalue weighted by atomic mass is 10.1. The predicted molar refractivity (Wildman–Crippen MR) is 104 cm³/mol. The van der Waals surface area contributed by atoms with E-state index in [9.17, 15) is 4.79 Å². The predicted octanol–water partition coefficient (Wildman–Crippen LogP) is 6.34. The minimum Gasteiger partial charge on any atom is -0.493 e. The summed E-state index contributed by atoms with van der Waals surface area (Å²) in [4.78, 5) is 12.1. The van der Waals surface area contributed by atoms with E-state index in [4.69, 9.17) is 9.47 Å². The van der Waals surface area contributed by atoms with Crippen LogP contribution in [0, 0.1) is 0 Å². The summed E-state index contributed by atoms with van der Waals surface area (Å²) in [6.45, 7) is 7.27. The summed E-state index contributed by atoms with van der Waals surface area (Å²) < 4.78 is 11.1. The first-order valence-electron chi connectivity index (χ1n) is 10.2. The topological polar surface area (TPSA) is 35.5 Å². The molecule has 1 aromatic carbocycles. The van der Waals surface area contributed by atoms with Crippen LogP contribution in [0.2, 0.25) is 0 Å². The van der Waals surface area contributed by atoms with Crippen LogP contribution in [0.5, 0.6) is 5.75 Å². The molecule has 3 heteroatoms. The van der Waals surface area contributed by atoms with Crippen molar-refractivity contribution in [2.45, 2.75) is 85.0 Å². The zero-order chi connectivity index (χ0) is 18.3. The van der Waals surface area contributed by atoms with Crippen molar-refractivity contribution in [2.24, 2.45) is 0 Å². The van der Waals surface area contributed by atoms with E-state index >= 15 is 0 Å². The van der Waals surface area contributed by atoms with Gasteiger partial charge in [-0.15, -0.1) is 0 Å². The second-order valence-corrected chi connectivity index (χ2v) is 6.62. The zero-order valence-electron chi connectivity index (χ0n) is 16.4.